The zero-order valence-corrected chi connectivity index (χ0v) is 11.4. The van der Waals surface area contributed by atoms with Gasteiger partial charge in [0.05, 0.1) is 10.4 Å². The summed E-state index contributed by atoms with van der Waals surface area (Å²) in [5.74, 6) is 0. The van der Waals surface area contributed by atoms with Crippen LogP contribution in [-0.2, 0) is 0 Å². The molecule has 1 N–H and O–H groups in total. The van der Waals surface area contributed by atoms with Gasteiger partial charge in [-0.2, -0.15) is 0 Å². The minimum absolute atomic E-state index is 0.0478. The fraction of sp³-hybridized carbons (Fsp3) is 0.400. The van der Waals surface area contributed by atoms with E-state index in [0.717, 1.165) is 17.4 Å². The second kappa shape index (κ2) is 4.74. The Labute approximate surface area is 117 Å². The molecule has 1 fully saturated rings. The lowest BCUT2D eigenvalue weighted by atomic mass is 9.70. The van der Waals surface area contributed by atoms with Crippen molar-refractivity contribution >= 4 is 22.3 Å². The summed E-state index contributed by atoms with van der Waals surface area (Å²) in [7, 11) is 0. The first-order valence-corrected chi connectivity index (χ1v) is 6.85. The summed E-state index contributed by atoms with van der Waals surface area (Å²) in [5, 5.41) is 15.3. The number of nitro groups is 1. The molecule has 2 aromatic rings. The van der Waals surface area contributed by atoms with Gasteiger partial charge in [-0.25, -0.2) is 4.98 Å². The molecule has 0 radical (unpaired) electrons. The van der Waals surface area contributed by atoms with Gasteiger partial charge in [0.15, 0.2) is 0 Å². The van der Waals surface area contributed by atoms with Crippen molar-refractivity contribution in [1.29, 1.82) is 0 Å². The van der Waals surface area contributed by atoms with Gasteiger partial charge in [0.1, 0.15) is 11.9 Å². The second-order valence-electron chi connectivity index (χ2n) is 5.81. The van der Waals surface area contributed by atoms with Crippen molar-refractivity contribution < 1.29 is 4.92 Å². The molecule has 1 heterocycles. The number of rotatable bonds is 4. The van der Waals surface area contributed by atoms with E-state index < -0.39 is 0 Å². The van der Waals surface area contributed by atoms with Crippen LogP contribution in [-0.4, -0.2) is 16.5 Å². The Balaban J connectivity index is 2.00. The maximum absolute atomic E-state index is 11.2. The predicted molar refractivity (Wildman–Crippen MR) is 78.8 cm³/mol. The molecule has 5 nitrogen and oxygen atoms in total. The Morgan fingerprint density at radius 1 is 1.40 bits per heavy atom. The molecule has 5 heteroatoms. The number of nitrogens with zero attached hydrogens (tertiary/aromatic N) is 2. The number of fused-ring (bicyclic) bond motifs is 1. The smallest absolute Gasteiger partial charge is 0.311 e. The molecule has 0 saturated heterocycles. The van der Waals surface area contributed by atoms with E-state index in [1.807, 2.05) is 24.3 Å². The molecule has 1 aliphatic carbocycles. The van der Waals surface area contributed by atoms with E-state index in [-0.39, 0.29) is 16.0 Å². The van der Waals surface area contributed by atoms with Crippen LogP contribution in [0.25, 0.3) is 10.9 Å². The number of hydrogen-bond acceptors (Lipinski definition) is 4. The van der Waals surface area contributed by atoms with Gasteiger partial charge in [0.25, 0.3) is 0 Å². The van der Waals surface area contributed by atoms with Crippen molar-refractivity contribution in [2.75, 3.05) is 11.9 Å². The van der Waals surface area contributed by atoms with E-state index >= 15 is 0 Å². The Bertz CT molecular complexity index is 665. The monoisotopic (exact) mass is 271 g/mol. The van der Waals surface area contributed by atoms with Crippen molar-refractivity contribution in [3.63, 3.8) is 0 Å². The van der Waals surface area contributed by atoms with Gasteiger partial charge in [-0.15, -0.1) is 0 Å². The van der Waals surface area contributed by atoms with E-state index in [1.165, 1.54) is 25.5 Å². The van der Waals surface area contributed by atoms with Crippen molar-refractivity contribution in [2.24, 2.45) is 5.41 Å². The van der Waals surface area contributed by atoms with Gasteiger partial charge in [-0.1, -0.05) is 31.5 Å². The quantitative estimate of drug-likeness (QED) is 0.679. The molecule has 0 spiro atoms. The molecule has 0 amide bonds. The molecule has 20 heavy (non-hydrogen) atoms. The lowest BCUT2D eigenvalue weighted by Gasteiger charge is -2.38. The van der Waals surface area contributed by atoms with Crippen molar-refractivity contribution in [3.8, 4) is 0 Å². The van der Waals surface area contributed by atoms with Crippen LogP contribution in [0.3, 0.4) is 0 Å². The molecule has 1 saturated carbocycles. The molecule has 0 unspecified atom stereocenters. The molecule has 104 valence electrons. The Morgan fingerprint density at radius 3 is 2.80 bits per heavy atom. The third kappa shape index (κ3) is 2.19. The largest absolute Gasteiger partial charge is 0.378 e. The molecular weight excluding hydrogens is 254 g/mol. The molecule has 1 aromatic heterocycles. The number of aromatic nitrogens is 1. The lowest BCUT2D eigenvalue weighted by Crippen LogP contribution is -2.33. The number of para-hydroxylation sites is 1. The first kappa shape index (κ1) is 12.8. The first-order valence-electron chi connectivity index (χ1n) is 6.85. The summed E-state index contributed by atoms with van der Waals surface area (Å²) in [6, 6.07) is 7.51. The topological polar surface area (TPSA) is 68.1 Å². The Kier molecular flexibility index (Phi) is 3.04. The summed E-state index contributed by atoms with van der Waals surface area (Å²) >= 11 is 0. The van der Waals surface area contributed by atoms with Crippen molar-refractivity contribution in [3.05, 3.63) is 40.6 Å². The fourth-order valence-electron chi connectivity index (χ4n) is 2.71. The number of pyridine rings is 1. The number of benzene rings is 1. The summed E-state index contributed by atoms with van der Waals surface area (Å²) < 4.78 is 0. The average Bonchev–Trinajstić information content (AvgIpc) is 2.42. The van der Waals surface area contributed by atoms with Gasteiger partial charge in [-0.05, 0) is 24.3 Å². The summed E-state index contributed by atoms with van der Waals surface area (Å²) in [6.45, 7) is 2.99. The van der Waals surface area contributed by atoms with Crippen LogP contribution in [0.15, 0.2) is 30.5 Å². The molecular formula is C15H17N3O2. The fourth-order valence-corrected chi connectivity index (χ4v) is 2.71. The summed E-state index contributed by atoms with van der Waals surface area (Å²) in [6.07, 6.45) is 4.94. The average molecular weight is 271 g/mol. The minimum Gasteiger partial charge on any atom is -0.378 e. The molecule has 1 aliphatic rings. The second-order valence-corrected chi connectivity index (χ2v) is 5.81. The lowest BCUT2D eigenvalue weighted by molar-refractivity contribution is -0.384. The Morgan fingerprint density at radius 2 is 2.15 bits per heavy atom. The van der Waals surface area contributed by atoms with Crippen LogP contribution in [0.1, 0.15) is 26.2 Å². The molecule has 1 aromatic carbocycles. The standard InChI is InChI=1S/C15H17N3O2/c1-15(7-4-8-15)10-17-14-11-5-2-3-6-12(11)16-9-13(14)18(19)20/h2-3,5-6,9H,4,7-8,10H2,1H3,(H,16,17). The molecule has 3 rings (SSSR count). The zero-order chi connectivity index (χ0) is 14.2. The van der Waals surface area contributed by atoms with Crippen LogP contribution < -0.4 is 5.32 Å². The van der Waals surface area contributed by atoms with Crippen LogP contribution in [0, 0.1) is 15.5 Å². The third-order valence-electron chi connectivity index (χ3n) is 4.20. The van der Waals surface area contributed by atoms with E-state index in [0.29, 0.717) is 5.69 Å². The molecule has 0 aliphatic heterocycles. The number of anilines is 1. The maximum atomic E-state index is 11.2. The first-order chi connectivity index (χ1) is 9.59. The highest BCUT2D eigenvalue weighted by Gasteiger charge is 2.32. The van der Waals surface area contributed by atoms with Gasteiger partial charge < -0.3 is 5.32 Å². The van der Waals surface area contributed by atoms with E-state index in [4.69, 9.17) is 0 Å². The van der Waals surface area contributed by atoms with Crippen LogP contribution in [0.5, 0.6) is 0 Å². The van der Waals surface area contributed by atoms with Crippen LogP contribution in [0.4, 0.5) is 11.4 Å². The van der Waals surface area contributed by atoms with E-state index in [2.05, 4.69) is 17.2 Å². The van der Waals surface area contributed by atoms with Gasteiger partial charge in [0, 0.05) is 11.9 Å². The van der Waals surface area contributed by atoms with Gasteiger partial charge in [0.2, 0.25) is 0 Å². The molecule has 0 bridgehead atoms. The van der Waals surface area contributed by atoms with Crippen molar-refractivity contribution in [2.45, 2.75) is 26.2 Å². The SMILES string of the molecule is CC1(CNc2c([N+](=O)[O-])cnc3ccccc23)CCC1. The predicted octanol–water partition coefficient (Wildman–Crippen LogP) is 3.75. The highest BCUT2D eigenvalue weighted by molar-refractivity contribution is 5.95. The van der Waals surface area contributed by atoms with Crippen molar-refractivity contribution in [1.82, 2.24) is 4.98 Å². The van der Waals surface area contributed by atoms with Gasteiger partial charge >= 0.3 is 5.69 Å². The zero-order valence-electron chi connectivity index (χ0n) is 11.4. The minimum atomic E-state index is -0.370. The van der Waals surface area contributed by atoms with E-state index in [9.17, 15) is 10.1 Å². The number of nitrogens with one attached hydrogen (secondary N) is 1. The van der Waals surface area contributed by atoms with Crippen LogP contribution >= 0.6 is 0 Å². The number of hydrogen-bond donors (Lipinski definition) is 1. The Hall–Kier alpha value is -2.17. The highest BCUT2D eigenvalue weighted by Crippen LogP contribution is 2.41. The third-order valence-corrected chi connectivity index (χ3v) is 4.20. The van der Waals surface area contributed by atoms with Crippen LogP contribution in [0.2, 0.25) is 0 Å². The molecule has 0 atom stereocenters. The normalized spacial score (nSPS) is 16.6. The highest BCUT2D eigenvalue weighted by atomic mass is 16.6. The van der Waals surface area contributed by atoms with Gasteiger partial charge in [-0.3, -0.25) is 10.1 Å². The summed E-state index contributed by atoms with van der Waals surface area (Å²) in [4.78, 5) is 15.0. The van der Waals surface area contributed by atoms with E-state index in [1.54, 1.807) is 0 Å². The summed E-state index contributed by atoms with van der Waals surface area (Å²) in [5.41, 5.74) is 1.68. The maximum Gasteiger partial charge on any atom is 0.311 e.